The van der Waals surface area contributed by atoms with E-state index in [-0.39, 0.29) is 0 Å². The van der Waals surface area contributed by atoms with E-state index < -0.39 is 0 Å². The van der Waals surface area contributed by atoms with Gasteiger partial charge in [-0.2, -0.15) is 0 Å². The molecule has 3 aromatic carbocycles. The molecule has 3 aromatic rings. The van der Waals surface area contributed by atoms with Crippen LogP contribution in [0.3, 0.4) is 0 Å². The van der Waals surface area contributed by atoms with Crippen LogP contribution in [0.5, 0.6) is 0 Å². The Hall–Kier alpha value is -2.00. The maximum atomic E-state index is 6.00. The topological polar surface area (TPSA) is 12.4 Å². The molecule has 0 saturated heterocycles. The summed E-state index contributed by atoms with van der Waals surface area (Å²) in [5, 5.41) is 3.47. The molecule has 0 atom stereocenters. The van der Waals surface area contributed by atoms with Gasteiger partial charge in [-0.05, 0) is 60.0 Å². The minimum Gasteiger partial charge on any atom is -0.248 e. The van der Waals surface area contributed by atoms with Crippen molar-refractivity contribution < 1.29 is 0 Å². The quantitative estimate of drug-likeness (QED) is 0.329. The summed E-state index contributed by atoms with van der Waals surface area (Å²) in [6, 6.07) is 25.3. The van der Waals surface area contributed by atoms with Gasteiger partial charge in [0.2, 0.25) is 0 Å². The smallest absolute Gasteiger partial charge is 0.0714 e. The number of benzene rings is 3. The van der Waals surface area contributed by atoms with E-state index in [4.69, 9.17) is 28.2 Å². The first kappa shape index (κ1) is 17.8. The second-order valence-corrected chi connectivity index (χ2v) is 7.07. The number of aliphatic imine (C=N–C) groups is 1. The Morgan fingerprint density at radius 2 is 1.36 bits per heavy atom. The number of nitrogens with zero attached hydrogens (tertiary/aromatic N) is 1. The lowest BCUT2D eigenvalue weighted by Gasteiger charge is -2.03. The molecule has 25 heavy (non-hydrogen) atoms. The van der Waals surface area contributed by atoms with Crippen LogP contribution in [-0.2, 0) is 0 Å². The summed E-state index contributed by atoms with van der Waals surface area (Å²) < 4.78 is 0. The summed E-state index contributed by atoms with van der Waals surface area (Å²) in [6.07, 6.45) is 2.01. The fourth-order valence-corrected chi connectivity index (χ4v) is 3.05. The first-order valence-electron chi connectivity index (χ1n) is 7.69. The van der Waals surface area contributed by atoms with E-state index in [0.717, 1.165) is 26.9 Å². The minimum atomic E-state index is 0.710. The number of allylic oxidation sites excluding steroid dienone is 1. The molecule has 3 rings (SSSR count). The molecule has 0 aliphatic heterocycles. The molecule has 4 heteroatoms. The molecule has 1 nitrogen and oxygen atoms in total. The van der Waals surface area contributed by atoms with Crippen LogP contribution in [0.4, 0.5) is 5.69 Å². The van der Waals surface area contributed by atoms with Gasteiger partial charge in [0.15, 0.2) is 0 Å². The predicted octanol–water partition coefficient (Wildman–Crippen LogP) is 7.42. The molecule has 0 aliphatic rings. The van der Waals surface area contributed by atoms with Gasteiger partial charge in [-0.15, -0.1) is 0 Å². The molecule has 0 heterocycles. The molecule has 0 saturated carbocycles. The lowest BCUT2D eigenvalue weighted by Crippen LogP contribution is -1.95. The Bertz CT molecular complexity index is 870. The summed E-state index contributed by atoms with van der Waals surface area (Å²) in [5.74, 6) is 0. The van der Waals surface area contributed by atoms with Gasteiger partial charge in [0.05, 0.1) is 11.4 Å². The summed E-state index contributed by atoms with van der Waals surface area (Å²) >= 11 is 13.5. The van der Waals surface area contributed by atoms with Crippen molar-refractivity contribution in [1.29, 1.82) is 0 Å². The molecular weight excluding hydrogens is 369 g/mol. The maximum absolute atomic E-state index is 6.00. The van der Waals surface area contributed by atoms with Crippen LogP contribution in [0.1, 0.15) is 5.56 Å². The number of thioether (sulfide) groups is 1. The van der Waals surface area contributed by atoms with Gasteiger partial charge in [0, 0.05) is 20.5 Å². The standard InChI is InChI=1S/C21H15Cl2NS/c22-17-8-6-16(7-9-17)21(24-19-4-2-1-3-5-19)14-15-25-20-12-10-18(23)11-13-20/h1-15H. The highest BCUT2D eigenvalue weighted by Crippen LogP contribution is 2.22. The number of hydrogen-bond acceptors (Lipinski definition) is 2. The predicted molar refractivity (Wildman–Crippen MR) is 111 cm³/mol. The van der Waals surface area contributed by atoms with Gasteiger partial charge in [0.25, 0.3) is 0 Å². The zero-order chi connectivity index (χ0) is 17.5. The highest BCUT2D eigenvalue weighted by molar-refractivity contribution is 8.02. The molecule has 0 radical (unpaired) electrons. The van der Waals surface area contributed by atoms with E-state index in [1.54, 1.807) is 11.8 Å². The van der Waals surface area contributed by atoms with Crippen molar-refractivity contribution >= 4 is 46.4 Å². The number of para-hydroxylation sites is 1. The first-order chi connectivity index (χ1) is 12.2. The van der Waals surface area contributed by atoms with E-state index in [2.05, 4.69) is 0 Å². The van der Waals surface area contributed by atoms with Crippen molar-refractivity contribution in [2.45, 2.75) is 4.90 Å². The van der Waals surface area contributed by atoms with Crippen molar-refractivity contribution in [2.75, 3.05) is 0 Å². The molecule has 0 aliphatic carbocycles. The molecular formula is C21H15Cl2NS. The average Bonchev–Trinajstić information content (AvgIpc) is 2.64. The zero-order valence-corrected chi connectivity index (χ0v) is 15.6. The van der Waals surface area contributed by atoms with Crippen LogP contribution in [-0.4, -0.2) is 5.71 Å². The first-order valence-corrected chi connectivity index (χ1v) is 9.33. The van der Waals surface area contributed by atoms with Gasteiger partial charge in [-0.3, -0.25) is 0 Å². The van der Waals surface area contributed by atoms with Crippen LogP contribution in [0, 0.1) is 0 Å². The van der Waals surface area contributed by atoms with Gasteiger partial charge in [-0.25, -0.2) is 4.99 Å². The van der Waals surface area contributed by atoms with Gasteiger partial charge < -0.3 is 0 Å². The SMILES string of the molecule is Clc1ccc(SC=CC(=Nc2ccccc2)c2ccc(Cl)cc2)cc1. The third kappa shape index (κ3) is 5.50. The van der Waals surface area contributed by atoms with Crippen molar-refractivity contribution in [3.05, 3.63) is 106 Å². The summed E-state index contributed by atoms with van der Waals surface area (Å²) in [6.45, 7) is 0. The zero-order valence-electron chi connectivity index (χ0n) is 13.3. The highest BCUT2D eigenvalue weighted by Gasteiger charge is 2.01. The molecule has 0 unspecified atom stereocenters. The van der Waals surface area contributed by atoms with E-state index in [0.29, 0.717) is 5.02 Å². The monoisotopic (exact) mass is 383 g/mol. The molecule has 0 aromatic heterocycles. The molecule has 0 amide bonds. The maximum Gasteiger partial charge on any atom is 0.0714 e. The number of hydrogen-bond donors (Lipinski definition) is 0. The molecule has 0 N–H and O–H groups in total. The number of rotatable bonds is 5. The van der Waals surface area contributed by atoms with Crippen LogP contribution in [0.2, 0.25) is 10.0 Å². The summed E-state index contributed by atoms with van der Waals surface area (Å²) in [4.78, 5) is 5.88. The second kappa shape index (κ2) is 8.91. The second-order valence-electron chi connectivity index (χ2n) is 5.21. The van der Waals surface area contributed by atoms with Crippen molar-refractivity contribution in [1.82, 2.24) is 0 Å². The highest BCUT2D eigenvalue weighted by atomic mass is 35.5. The Morgan fingerprint density at radius 3 is 2.00 bits per heavy atom. The summed E-state index contributed by atoms with van der Waals surface area (Å²) in [7, 11) is 0. The van der Waals surface area contributed by atoms with E-state index in [1.807, 2.05) is 90.3 Å². The van der Waals surface area contributed by atoms with E-state index in [9.17, 15) is 0 Å². The minimum absolute atomic E-state index is 0.710. The van der Waals surface area contributed by atoms with Crippen LogP contribution in [0.25, 0.3) is 0 Å². The Kier molecular flexibility index (Phi) is 6.35. The Balaban J connectivity index is 1.85. The Morgan fingerprint density at radius 1 is 0.760 bits per heavy atom. The lowest BCUT2D eigenvalue weighted by atomic mass is 10.1. The van der Waals surface area contributed by atoms with Gasteiger partial charge >= 0.3 is 0 Å². The normalized spacial score (nSPS) is 11.8. The lowest BCUT2D eigenvalue weighted by molar-refractivity contribution is 1.47. The molecule has 124 valence electrons. The van der Waals surface area contributed by atoms with Gasteiger partial charge in [0.1, 0.15) is 0 Å². The van der Waals surface area contributed by atoms with E-state index in [1.165, 1.54) is 0 Å². The van der Waals surface area contributed by atoms with Crippen molar-refractivity contribution in [3.8, 4) is 0 Å². The van der Waals surface area contributed by atoms with Gasteiger partial charge in [-0.1, -0.05) is 65.3 Å². The van der Waals surface area contributed by atoms with Crippen LogP contribution >= 0.6 is 35.0 Å². The third-order valence-corrected chi connectivity index (χ3v) is 4.71. The third-order valence-electron chi connectivity index (χ3n) is 3.39. The molecule has 0 fully saturated rings. The fraction of sp³-hybridized carbons (Fsp3) is 0. The Labute approximate surface area is 162 Å². The fourth-order valence-electron chi connectivity index (χ4n) is 2.15. The number of halogens is 2. The molecule has 0 bridgehead atoms. The molecule has 0 spiro atoms. The van der Waals surface area contributed by atoms with Crippen molar-refractivity contribution in [2.24, 2.45) is 4.99 Å². The average molecular weight is 384 g/mol. The van der Waals surface area contributed by atoms with Crippen LogP contribution in [0.15, 0.2) is 100 Å². The summed E-state index contributed by atoms with van der Waals surface area (Å²) in [5.41, 5.74) is 2.80. The largest absolute Gasteiger partial charge is 0.248 e. The van der Waals surface area contributed by atoms with E-state index >= 15 is 0 Å². The van der Waals surface area contributed by atoms with Crippen molar-refractivity contribution in [3.63, 3.8) is 0 Å². The van der Waals surface area contributed by atoms with Crippen LogP contribution < -0.4 is 0 Å².